The second-order valence-electron chi connectivity index (χ2n) is 6.64. The van der Waals surface area contributed by atoms with Gasteiger partial charge in [-0.2, -0.15) is 0 Å². The minimum atomic E-state index is -0.362. The summed E-state index contributed by atoms with van der Waals surface area (Å²) in [5.74, 6) is 0.571. The van der Waals surface area contributed by atoms with E-state index in [1.54, 1.807) is 0 Å². The highest BCUT2D eigenvalue weighted by Gasteiger charge is 2.32. The Labute approximate surface area is 142 Å². The number of aromatic nitrogens is 2. The number of carbonyl (C=O) groups is 1. The molecule has 3 rings (SSSR count). The molecule has 3 unspecified atom stereocenters. The Morgan fingerprint density at radius 2 is 1.88 bits per heavy atom. The van der Waals surface area contributed by atoms with Crippen LogP contribution in [-0.4, -0.2) is 28.2 Å². The van der Waals surface area contributed by atoms with Gasteiger partial charge in [0.2, 0.25) is 11.9 Å². The van der Waals surface area contributed by atoms with Crippen LogP contribution in [0.3, 0.4) is 0 Å². The molecular weight excluding hydrogens is 302 g/mol. The summed E-state index contributed by atoms with van der Waals surface area (Å²) >= 11 is 0. The molecule has 0 aliphatic carbocycles. The SMILES string of the molecule is CCC1C(=O)NC(Nc2nc(C)c3cc(C)c(C)cc3n2)NC1C. The molecule has 0 spiro atoms. The molecule has 1 fully saturated rings. The number of nitrogens with zero attached hydrogens (tertiary/aromatic N) is 2. The van der Waals surface area contributed by atoms with Crippen LogP contribution in [0, 0.1) is 26.7 Å². The third kappa shape index (κ3) is 3.06. The van der Waals surface area contributed by atoms with Gasteiger partial charge in [-0.1, -0.05) is 6.92 Å². The van der Waals surface area contributed by atoms with Gasteiger partial charge < -0.3 is 10.6 Å². The van der Waals surface area contributed by atoms with E-state index >= 15 is 0 Å². The number of anilines is 1. The van der Waals surface area contributed by atoms with Gasteiger partial charge in [-0.05, 0) is 57.4 Å². The number of fused-ring (bicyclic) bond motifs is 1. The predicted octanol–water partition coefficient (Wildman–Crippen LogP) is 2.38. The summed E-state index contributed by atoms with van der Waals surface area (Å²) in [5, 5.41) is 10.6. The quantitative estimate of drug-likeness (QED) is 0.807. The molecule has 0 saturated carbocycles. The molecule has 1 saturated heterocycles. The first-order chi connectivity index (χ1) is 11.4. The van der Waals surface area contributed by atoms with E-state index in [-0.39, 0.29) is 24.2 Å². The number of amides is 1. The molecule has 0 bridgehead atoms. The predicted molar refractivity (Wildman–Crippen MR) is 95.7 cm³/mol. The van der Waals surface area contributed by atoms with E-state index < -0.39 is 0 Å². The highest BCUT2D eigenvalue weighted by Crippen LogP contribution is 2.22. The van der Waals surface area contributed by atoms with Gasteiger partial charge in [0.1, 0.15) is 0 Å². The van der Waals surface area contributed by atoms with Crippen LogP contribution in [0.5, 0.6) is 0 Å². The van der Waals surface area contributed by atoms with Crippen molar-refractivity contribution in [3.63, 3.8) is 0 Å². The first kappa shape index (κ1) is 16.6. The zero-order valence-corrected chi connectivity index (χ0v) is 14.9. The number of carbonyl (C=O) groups excluding carboxylic acids is 1. The molecule has 2 aromatic rings. The average molecular weight is 327 g/mol. The van der Waals surface area contributed by atoms with Crippen molar-refractivity contribution in [2.75, 3.05) is 5.32 Å². The fraction of sp³-hybridized carbons (Fsp3) is 0.500. The summed E-state index contributed by atoms with van der Waals surface area (Å²) in [5.41, 5.74) is 4.27. The van der Waals surface area contributed by atoms with Gasteiger partial charge in [-0.15, -0.1) is 0 Å². The molecule has 1 amide bonds. The summed E-state index contributed by atoms with van der Waals surface area (Å²) in [6.45, 7) is 10.2. The van der Waals surface area contributed by atoms with Gasteiger partial charge >= 0.3 is 0 Å². The number of aryl methyl sites for hydroxylation is 3. The second kappa shape index (κ2) is 6.36. The van der Waals surface area contributed by atoms with E-state index in [2.05, 4.69) is 51.9 Å². The Morgan fingerprint density at radius 1 is 1.17 bits per heavy atom. The van der Waals surface area contributed by atoms with Crippen molar-refractivity contribution in [2.45, 2.75) is 53.4 Å². The molecule has 1 aliphatic rings. The van der Waals surface area contributed by atoms with Crippen LogP contribution in [0.15, 0.2) is 12.1 Å². The van der Waals surface area contributed by atoms with Crippen molar-refractivity contribution >= 4 is 22.8 Å². The maximum absolute atomic E-state index is 12.2. The Hall–Kier alpha value is -2.21. The molecule has 1 aromatic heterocycles. The van der Waals surface area contributed by atoms with Gasteiger partial charge in [0.25, 0.3) is 0 Å². The maximum Gasteiger partial charge on any atom is 0.227 e. The topological polar surface area (TPSA) is 78.9 Å². The van der Waals surface area contributed by atoms with Crippen LogP contribution in [0.4, 0.5) is 5.95 Å². The van der Waals surface area contributed by atoms with E-state index in [4.69, 9.17) is 0 Å². The smallest absolute Gasteiger partial charge is 0.227 e. The summed E-state index contributed by atoms with van der Waals surface area (Å²) in [6.07, 6.45) is 0.454. The summed E-state index contributed by atoms with van der Waals surface area (Å²) in [6, 6.07) is 4.30. The lowest BCUT2D eigenvalue weighted by molar-refractivity contribution is -0.129. The first-order valence-corrected chi connectivity index (χ1v) is 8.47. The van der Waals surface area contributed by atoms with Crippen LogP contribution >= 0.6 is 0 Å². The standard InChI is InChI=1S/C18H25N5O/c1-6-13-11(4)19-18(22-16(13)24)23-17-20-12(5)14-7-9(2)10(3)8-15(14)21-17/h7-8,11,13,18-19H,6H2,1-5H3,(H,22,24)(H,20,21,23). The van der Waals surface area contributed by atoms with Crippen molar-refractivity contribution in [3.05, 3.63) is 29.0 Å². The zero-order chi connectivity index (χ0) is 17.4. The Morgan fingerprint density at radius 3 is 2.54 bits per heavy atom. The Kier molecular flexibility index (Phi) is 4.41. The van der Waals surface area contributed by atoms with Gasteiger partial charge in [0.05, 0.1) is 17.1 Å². The lowest BCUT2D eigenvalue weighted by Crippen LogP contribution is -2.63. The number of benzene rings is 1. The Balaban J connectivity index is 1.86. The fourth-order valence-corrected chi connectivity index (χ4v) is 3.25. The molecule has 128 valence electrons. The van der Waals surface area contributed by atoms with E-state index in [9.17, 15) is 4.79 Å². The summed E-state index contributed by atoms with van der Waals surface area (Å²) < 4.78 is 0. The zero-order valence-electron chi connectivity index (χ0n) is 14.9. The van der Waals surface area contributed by atoms with Crippen LogP contribution in [0.2, 0.25) is 0 Å². The number of hydrogen-bond acceptors (Lipinski definition) is 5. The maximum atomic E-state index is 12.2. The third-order valence-corrected chi connectivity index (χ3v) is 4.87. The molecule has 6 heteroatoms. The average Bonchev–Trinajstić information content (AvgIpc) is 2.49. The molecule has 1 aromatic carbocycles. The van der Waals surface area contributed by atoms with Crippen LogP contribution in [-0.2, 0) is 4.79 Å². The number of hydrogen-bond donors (Lipinski definition) is 3. The van der Waals surface area contributed by atoms with Crippen molar-refractivity contribution in [1.29, 1.82) is 0 Å². The van der Waals surface area contributed by atoms with Gasteiger partial charge in [-0.3, -0.25) is 10.1 Å². The fourth-order valence-electron chi connectivity index (χ4n) is 3.25. The van der Waals surface area contributed by atoms with Crippen molar-refractivity contribution in [3.8, 4) is 0 Å². The minimum absolute atomic E-state index is 0.00654. The molecule has 6 nitrogen and oxygen atoms in total. The molecule has 0 radical (unpaired) electrons. The third-order valence-electron chi connectivity index (χ3n) is 4.87. The van der Waals surface area contributed by atoms with E-state index in [1.165, 1.54) is 11.1 Å². The van der Waals surface area contributed by atoms with Crippen molar-refractivity contribution in [2.24, 2.45) is 5.92 Å². The van der Waals surface area contributed by atoms with Crippen molar-refractivity contribution in [1.82, 2.24) is 20.6 Å². The molecule has 1 aliphatic heterocycles. The Bertz CT molecular complexity index is 789. The molecule has 24 heavy (non-hydrogen) atoms. The summed E-state index contributed by atoms with van der Waals surface area (Å²) in [7, 11) is 0. The first-order valence-electron chi connectivity index (χ1n) is 8.47. The molecule has 2 heterocycles. The molecular formula is C18H25N5O. The monoisotopic (exact) mass is 327 g/mol. The largest absolute Gasteiger partial charge is 0.323 e. The highest BCUT2D eigenvalue weighted by molar-refractivity contribution is 5.84. The second-order valence-corrected chi connectivity index (χ2v) is 6.64. The van der Waals surface area contributed by atoms with Gasteiger partial charge in [0.15, 0.2) is 6.29 Å². The number of nitrogens with one attached hydrogen (secondary N) is 3. The molecule has 3 N–H and O–H groups in total. The summed E-state index contributed by atoms with van der Waals surface area (Å²) in [4.78, 5) is 21.3. The van der Waals surface area contributed by atoms with Crippen LogP contribution < -0.4 is 16.0 Å². The van der Waals surface area contributed by atoms with Crippen molar-refractivity contribution < 1.29 is 4.79 Å². The van der Waals surface area contributed by atoms with Gasteiger partial charge in [-0.25, -0.2) is 9.97 Å². The normalized spacial score (nSPS) is 24.0. The van der Waals surface area contributed by atoms with E-state index in [1.807, 2.05) is 20.8 Å². The highest BCUT2D eigenvalue weighted by atomic mass is 16.2. The lowest BCUT2D eigenvalue weighted by atomic mass is 9.95. The van der Waals surface area contributed by atoms with E-state index in [0.29, 0.717) is 5.95 Å². The lowest BCUT2D eigenvalue weighted by Gasteiger charge is -2.35. The minimum Gasteiger partial charge on any atom is -0.323 e. The van der Waals surface area contributed by atoms with E-state index in [0.717, 1.165) is 23.0 Å². The van der Waals surface area contributed by atoms with Crippen LogP contribution in [0.1, 0.15) is 37.1 Å². The number of rotatable bonds is 3. The molecule has 3 atom stereocenters. The van der Waals surface area contributed by atoms with Crippen LogP contribution in [0.25, 0.3) is 10.9 Å². The van der Waals surface area contributed by atoms with Gasteiger partial charge in [0, 0.05) is 11.4 Å².